The van der Waals surface area contributed by atoms with Crippen LogP contribution in [0.25, 0.3) is 0 Å². The Bertz CT molecular complexity index is 1470. The van der Waals surface area contributed by atoms with Gasteiger partial charge < -0.3 is 20.3 Å². The standard InChI is InChI=1S/C33H41F2N5O3/c1-7-22-18-24(30(42)37-21(5)16-17-40(8-2)20(3)4)12-14-26(22)38-32-36-19-25(33(6,34)35)31(39-32)43-28-11-9-10-23-13-15-27(41)29(23)28/h9-12,14,18-21H,7-8,13,15-17H2,1-6H3,(H,37,42)(H,36,38,39). The number of hydrogen-bond acceptors (Lipinski definition) is 7. The van der Waals surface area contributed by atoms with Crippen LogP contribution in [-0.2, 0) is 18.8 Å². The number of benzene rings is 2. The Morgan fingerprint density at radius 2 is 1.91 bits per heavy atom. The Hall–Kier alpha value is -3.92. The molecule has 0 spiro atoms. The summed E-state index contributed by atoms with van der Waals surface area (Å²) in [5, 5.41) is 6.18. The summed E-state index contributed by atoms with van der Waals surface area (Å²) < 4.78 is 34.9. The molecule has 0 bridgehead atoms. The van der Waals surface area contributed by atoms with Crippen molar-refractivity contribution in [3.05, 3.63) is 70.4 Å². The number of hydrogen-bond donors (Lipinski definition) is 2. The molecule has 8 nitrogen and oxygen atoms in total. The Kier molecular flexibility index (Phi) is 10.1. The SMILES string of the molecule is CCc1cc(C(=O)NC(C)CCN(CC)C(C)C)ccc1Nc1ncc(C(C)(F)F)c(Oc2cccc3c2C(=O)CC3)n1. The van der Waals surface area contributed by atoms with E-state index < -0.39 is 11.5 Å². The van der Waals surface area contributed by atoms with Crippen LogP contribution in [0.1, 0.15) is 91.8 Å². The molecule has 2 aromatic carbocycles. The van der Waals surface area contributed by atoms with Crippen LogP contribution < -0.4 is 15.4 Å². The molecule has 1 atom stereocenters. The normalized spacial score (nSPS) is 13.8. The molecule has 4 rings (SSSR count). The van der Waals surface area contributed by atoms with Crippen molar-refractivity contribution in [2.75, 3.05) is 18.4 Å². The summed E-state index contributed by atoms with van der Waals surface area (Å²) in [5.74, 6) is -3.62. The minimum absolute atomic E-state index is 0.00588. The molecule has 1 aromatic heterocycles. The van der Waals surface area contributed by atoms with E-state index in [1.165, 1.54) is 0 Å². The molecule has 0 radical (unpaired) electrons. The summed E-state index contributed by atoms with van der Waals surface area (Å²) in [5.41, 5.74) is 2.73. The van der Waals surface area contributed by atoms with Crippen molar-refractivity contribution in [2.24, 2.45) is 0 Å². The number of alkyl halides is 2. The molecule has 3 aromatic rings. The number of ketones is 1. The van der Waals surface area contributed by atoms with E-state index in [2.05, 4.69) is 46.3 Å². The molecule has 43 heavy (non-hydrogen) atoms. The Balaban J connectivity index is 1.53. The van der Waals surface area contributed by atoms with Crippen LogP contribution in [0.3, 0.4) is 0 Å². The van der Waals surface area contributed by atoms with Gasteiger partial charge in [-0.05, 0) is 82.0 Å². The van der Waals surface area contributed by atoms with E-state index >= 15 is 0 Å². The topological polar surface area (TPSA) is 96.5 Å². The van der Waals surface area contributed by atoms with Gasteiger partial charge in [0.05, 0.1) is 5.56 Å². The van der Waals surface area contributed by atoms with Crippen LogP contribution in [0.2, 0.25) is 0 Å². The Labute approximate surface area is 252 Å². The first-order valence-electron chi connectivity index (χ1n) is 14.9. The monoisotopic (exact) mass is 593 g/mol. The lowest BCUT2D eigenvalue weighted by molar-refractivity contribution is 0.0146. The molecule has 0 fully saturated rings. The molecule has 1 amide bonds. The summed E-state index contributed by atoms with van der Waals surface area (Å²) in [6.45, 7) is 13.0. The summed E-state index contributed by atoms with van der Waals surface area (Å²) >= 11 is 0. The molecule has 0 aliphatic heterocycles. The minimum Gasteiger partial charge on any atom is -0.438 e. The van der Waals surface area contributed by atoms with Crippen molar-refractivity contribution in [2.45, 2.75) is 85.2 Å². The second-order valence-corrected chi connectivity index (χ2v) is 11.4. The summed E-state index contributed by atoms with van der Waals surface area (Å²) in [6, 6.07) is 10.9. The third kappa shape index (κ3) is 7.73. The number of nitrogens with zero attached hydrogens (tertiary/aromatic N) is 3. The molecule has 0 saturated carbocycles. The largest absolute Gasteiger partial charge is 0.438 e. The lowest BCUT2D eigenvalue weighted by Gasteiger charge is -2.26. The van der Waals surface area contributed by atoms with Crippen LogP contribution in [0.4, 0.5) is 20.4 Å². The molecule has 230 valence electrons. The number of aromatic nitrogens is 2. The molecule has 1 aliphatic rings. The third-order valence-corrected chi connectivity index (χ3v) is 7.80. The van der Waals surface area contributed by atoms with Gasteiger partial charge in [0.25, 0.3) is 11.8 Å². The first-order chi connectivity index (χ1) is 20.4. The van der Waals surface area contributed by atoms with Gasteiger partial charge >= 0.3 is 0 Å². The number of rotatable bonds is 13. The van der Waals surface area contributed by atoms with E-state index in [1.807, 2.05) is 26.0 Å². The number of carbonyl (C=O) groups is 2. The van der Waals surface area contributed by atoms with Crippen LogP contribution in [-0.4, -0.2) is 51.7 Å². The van der Waals surface area contributed by atoms with E-state index in [9.17, 15) is 18.4 Å². The second kappa shape index (κ2) is 13.6. The summed E-state index contributed by atoms with van der Waals surface area (Å²) in [6.07, 6.45) is 3.41. The highest BCUT2D eigenvalue weighted by atomic mass is 19.3. The van der Waals surface area contributed by atoms with Gasteiger partial charge in [-0.25, -0.2) is 13.8 Å². The number of aryl methyl sites for hydroxylation is 2. The fourth-order valence-corrected chi connectivity index (χ4v) is 5.26. The maximum atomic E-state index is 14.5. The van der Waals surface area contributed by atoms with Crippen LogP contribution in [0.15, 0.2) is 42.6 Å². The minimum atomic E-state index is -3.28. The highest BCUT2D eigenvalue weighted by Crippen LogP contribution is 2.39. The van der Waals surface area contributed by atoms with Crippen molar-refractivity contribution >= 4 is 23.3 Å². The van der Waals surface area contributed by atoms with Gasteiger partial charge in [0.15, 0.2) is 5.78 Å². The molecular weight excluding hydrogens is 552 g/mol. The number of fused-ring (bicyclic) bond motifs is 1. The van der Waals surface area contributed by atoms with Gasteiger partial charge in [0.2, 0.25) is 11.8 Å². The van der Waals surface area contributed by atoms with Gasteiger partial charge in [-0.1, -0.05) is 26.0 Å². The predicted molar refractivity (Wildman–Crippen MR) is 164 cm³/mol. The Morgan fingerprint density at radius 3 is 2.58 bits per heavy atom. The molecule has 1 heterocycles. The molecule has 10 heteroatoms. The predicted octanol–water partition coefficient (Wildman–Crippen LogP) is 7.05. The quantitative estimate of drug-likeness (QED) is 0.219. The zero-order chi connectivity index (χ0) is 31.3. The van der Waals surface area contributed by atoms with Gasteiger partial charge in [0.1, 0.15) is 11.3 Å². The van der Waals surface area contributed by atoms with Crippen molar-refractivity contribution in [3.63, 3.8) is 0 Å². The number of nitrogens with one attached hydrogen (secondary N) is 2. The smallest absolute Gasteiger partial charge is 0.277 e. The first-order valence-corrected chi connectivity index (χ1v) is 14.9. The van der Waals surface area contributed by atoms with Gasteiger partial charge in [-0.15, -0.1) is 0 Å². The lowest BCUT2D eigenvalue weighted by Crippen LogP contribution is -2.38. The molecule has 2 N–H and O–H groups in total. The van der Waals surface area contributed by atoms with Crippen LogP contribution >= 0.6 is 0 Å². The van der Waals surface area contributed by atoms with Crippen LogP contribution in [0.5, 0.6) is 11.6 Å². The van der Waals surface area contributed by atoms with Crippen molar-refractivity contribution in [3.8, 4) is 11.6 Å². The van der Waals surface area contributed by atoms with Crippen molar-refractivity contribution in [1.29, 1.82) is 0 Å². The van der Waals surface area contributed by atoms with Gasteiger partial charge in [0, 0.05) is 49.4 Å². The average molecular weight is 594 g/mol. The fraction of sp³-hybridized carbons (Fsp3) is 0.455. The second-order valence-electron chi connectivity index (χ2n) is 11.4. The van der Waals surface area contributed by atoms with E-state index in [0.717, 1.165) is 43.8 Å². The highest BCUT2D eigenvalue weighted by Gasteiger charge is 2.32. The van der Waals surface area contributed by atoms with E-state index in [0.29, 0.717) is 42.1 Å². The molecular formula is C33H41F2N5O3. The zero-order valence-corrected chi connectivity index (χ0v) is 25.8. The number of anilines is 2. The number of carbonyl (C=O) groups excluding carboxylic acids is 2. The highest BCUT2D eigenvalue weighted by molar-refractivity contribution is 6.03. The number of amides is 1. The number of Topliss-reactive ketones (excluding diaryl/α,β-unsaturated/α-hetero) is 1. The van der Waals surface area contributed by atoms with Crippen molar-refractivity contribution in [1.82, 2.24) is 20.2 Å². The van der Waals surface area contributed by atoms with E-state index in [-0.39, 0.29) is 35.3 Å². The number of halogens is 2. The number of ether oxygens (including phenoxy) is 1. The summed E-state index contributed by atoms with van der Waals surface area (Å²) in [4.78, 5) is 36.2. The summed E-state index contributed by atoms with van der Waals surface area (Å²) in [7, 11) is 0. The lowest BCUT2D eigenvalue weighted by atomic mass is 10.1. The Morgan fingerprint density at radius 1 is 1.14 bits per heavy atom. The van der Waals surface area contributed by atoms with E-state index in [4.69, 9.17) is 4.74 Å². The van der Waals surface area contributed by atoms with Gasteiger partial charge in [-0.2, -0.15) is 4.98 Å². The fourth-order valence-electron chi connectivity index (χ4n) is 5.26. The van der Waals surface area contributed by atoms with Gasteiger partial charge in [-0.3, -0.25) is 9.59 Å². The maximum absolute atomic E-state index is 14.5. The third-order valence-electron chi connectivity index (χ3n) is 7.80. The van der Waals surface area contributed by atoms with Crippen LogP contribution in [0, 0.1) is 0 Å². The average Bonchev–Trinajstić information content (AvgIpc) is 3.34. The molecule has 1 unspecified atom stereocenters. The van der Waals surface area contributed by atoms with E-state index in [1.54, 1.807) is 24.3 Å². The molecule has 1 aliphatic carbocycles. The van der Waals surface area contributed by atoms with Crippen molar-refractivity contribution < 1.29 is 23.1 Å². The zero-order valence-electron chi connectivity index (χ0n) is 25.8. The molecule has 0 saturated heterocycles. The maximum Gasteiger partial charge on any atom is 0.277 e. The first kappa shape index (κ1) is 32.0.